The van der Waals surface area contributed by atoms with Crippen LogP contribution in [0.3, 0.4) is 0 Å². The van der Waals surface area contributed by atoms with Gasteiger partial charge in [-0.25, -0.2) is 8.42 Å². The van der Waals surface area contributed by atoms with Gasteiger partial charge in [0.2, 0.25) is 0 Å². The Morgan fingerprint density at radius 3 is 2.44 bits per heavy atom. The van der Waals surface area contributed by atoms with Crippen LogP contribution in [0, 0.1) is 5.41 Å². The second kappa shape index (κ2) is 7.25. The van der Waals surface area contributed by atoms with Crippen molar-refractivity contribution in [2.24, 2.45) is 5.41 Å². The van der Waals surface area contributed by atoms with Crippen molar-refractivity contribution in [2.45, 2.75) is 27.2 Å². The Hall–Kier alpha value is -0.130. The first-order chi connectivity index (χ1) is 7.33. The molecule has 0 unspecified atom stereocenters. The molecule has 0 spiro atoms. The van der Waals surface area contributed by atoms with Crippen LogP contribution < -0.4 is 5.32 Å². The molecule has 0 aromatic rings. The highest BCUT2D eigenvalue weighted by Gasteiger charge is 2.17. The zero-order valence-electron chi connectivity index (χ0n) is 10.9. The van der Waals surface area contributed by atoms with E-state index >= 15 is 0 Å². The SMILES string of the molecule is CCS(=O)(=O)CCNCC(C)(C)CCOC. The van der Waals surface area contributed by atoms with Crippen LogP contribution in [0.2, 0.25) is 0 Å². The molecule has 5 heteroatoms. The van der Waals surface area contributed by atoms with Gasteiger partial charge in [-0.3, -0.25) is 0 Å². The summed E-state index contributed by atoms with van der Waals surface area (Å²) in [7, 11) is -1.15. The van der Waals surface area contributed by atoms with Crippen molar-refractivity contribution in [2.75, 3.05) is 38.3 Å². The number of rotatable bonds is 9. The lowest BCUT2D eigenvalue weighted by molar-refractivity contribution is 0.151. The zero-order chi connectivity index (χ0) is 12.7. The van der Waals surface area contributed by atoms with Crippen LogP contribution in [0.5, 0.6) is 0 Å². The van der Waals surface area contributed by atoms with Gasteiger partial charge >= 0.3 is 0 Å². The Kier molecular flexibility index (Phi) is 7.19. The van der Waals surface area contributed by atoms with Crippen molar-refractivity contribution in [3.8, 4) is 0 Å². The number of ether oxygens (including phenoxy) is 1. The van der Waals surface area contributed by atoms with Gasteiger partial charge < -0.3 is 10.1 Å². The second-order valence-corrected chi connectivity index (χ2v) is 7.29. The van der Waals surface area contributed by atoms with Gasteiger partial charge in [0.1, 0.15) is 0 Å². The molecule has 0 bridgehead atoms. The fourth-order valence-corrected chi connectivity index (χ4v) is 2.01. The monoisotopic (exact) mass is 251 g/mol. The van der Waals surface area contributed by atoms with E-state index in [9.17, 15) is 8.42 Å². The minimum Gasteiger partial charge on any atom is -0.385 e. The van der Waals surface area contributed by atoms with E-state index in [0.29, 0.717) is 6.54 Å². The van der Waals surface area contributed by atoms with Crippen LogP contribution in [-0.4, -0.2) is 46.7 Å². The molecule has 0 rings (SSSR count). The van der Waals surface area contributed by atoms with E-state index in [0.717, 1.165) is 19.6 Å². The first-order valence-corrected chi connectivity index (χ1v) is 7.55. The van der Waals surface area contributed by atoms with Crippen LogP contribution in [0.15, 0.2) is 0 Å². The first kappa shape index (κ1) is 15.9. The Labute approximate surface area is 99.7 Å². The zero-order valence-corrected chi connectivity index (χ0v) is 11.7. The van der Waals surface area contributed by atoms with E-state index in [1.807, 2.05) is 0 Å². The maximum atomic E-state index is 11.2. The Bertz CT molecular complexity index is 273. The van der Waals surface area contributed by atoms with Crippen molar-refractivity contribution in [3.05, 3.63) is 0 Å². The van der Waals surface area contributed by atoms with Gasteiger partial charge in [0.15, 0.2) is 9.84 Å². The van der Waals surface area contributed by atoms with Gasteiger partial charge in [-0.2, -0.15) is 0 Å². The molecule has 0 radical (unpaired) electrons. The van der Waals surface area contributed by atoms with E-state index in [4.69, 9.17) is 4.74 Å². The molecular weight excluding hydrogens is 226 g/mol. The van der Waals surface area contributed by atoms with E-state index in [1.54, 1.807) is 14.0 Å². The summed E-state index contributed by atoms with van der Waals surface area (Å²) in [4.78, 5) is 0. The van der Waals surface area contributed by atoms with Crippen molar-refractivity contribution in [3.63, 3.8) is 0 Å². The van der Waals surface area contributed by atoms with Crippen molar-refractivity contribution >= 4 is 9.84 Å². The van der Waals surface area contributed by atoms with Gasteiger partial charge in [-0.05, 0) is 11.8 Å². The maximum Gasteiger partial charge on any atom is 0.151 e. The molecule has 0 fully saturated rings. The number of hydrogen-bond donors (Lipinski definition) is 1. The lowest BCUT2D eigenvalue weighted by atomic mass is 9.90. The Morgan fingerprint density at radius 2 is 1.94 bits per heavy atom. The van der Waals surface area contributed by atoms with Gasteiger partial charge in [0, 0.05) is 32.6 Å². The fourth-order valence-electron chi connectivity index (χ4n) is 1.27. The molecule has 98 valence electrons. The Morgan fingerprint density at radius 1 is 1.31 bits per heavy atom. The molecule has 0 aliphatic carbocycles. The molecular formula is C11H25NO3S. The molecule has 0 saturated carbocycles. The van der Waals surface area contributed by atoms with Gasteiger partial charge in [0.05, 0.1) is 5.75 Å². The lowest BCUT2D eigenvalue weighted by Gasteiger charge is -2.24. The van der Waals surface area contributed by atoms with Crippen molar-refractivity contribution < 1.29 is 13.2 Å². The molecule has 0 aromatic heterocycles. The summed E-state index contributed by atoms with van der Waals surface area (Å²) < 4.78 is 27.5. The summed E-state index contributed by atoms with van der Waals surface area (Å²) in [5.74, 6) is 0.450. The number of hydrogen-bond acceptors (Lipinski definition) is 4. The maximum absolute atomic E-state index is 11.2. The van der Waals surface area contributed by atoms with Crippen LogP contribution >= 0.6 is 0 Å². The average Bonchev–Trinajstić information content (AvgIpc) is 2.22. The molecule has 0 atom stereocenters. The molecule has 0 aromatic carbocycles. The third-order valence-electron chi connectivity index (χ3n) is 2.62. The molecule has 0 amide bonds. The fraction of sp³-hybridized carbons (Fsp3) is 1.00. The molecule has 1 N–H and O–H groups in total. The Balaban J connectivity index is 3.73. The summed E-state index contributed by atoms with van der Waals surface area (Å²) in [5.41, 5.74) is 0.145. The molecule has 0 heterocycles. The highest BCUT2D eigenvalue weighted by molar-refractivity contribution is 7.91. The van der Waals surface area contributed by atoms with Gasteiger partial charge in [-0.1, -0.05) is 20.8 Å². The molecule has 0 aliphatic heterocycles. The quantitative estimate of drug-likeness (QED) is 0.623. The third-order valence-corrected chi connectivity index (χ3v) is 4.32. The summed E-state index contributed by atoms with van der Waals surface area (Å²) in [6.45, 7) is 8.06. The standard InChI is InChI=1S/C11H25NO3S/c1-5-16(13,14)9-7-12-10-11(2,3)6-8-15-4/h12H,5-10H2,1-4H3. The number of sulfone groups is 1. The number of nitrogens with one attached hydrogen (secondary N) is 1. The van der Waals surface area contributed by atoms with E-state index in [-0.39, 0.29) is 16.9 Å². The first-order valence-electron chi connectivity index (χ1n) is 5.73. The number of methoxy groups -OCH3 is 1. The minimum atomic E-state index is -2.84. The highest BCUT2D eigenvalue weighted by atomic mass is 32.2. The van der Waals surface area contributed by atoms with E-state index < -0.39 is 9.84 Å². The highest BCUT2D eigenvalue weighted by Crippen LogP contribution is 2.18. The average molecular weight is 251 g/mol. The van der Waals surface area contributed by atoms with Crippen molar-refractivity contribution in [1.82, 2.24) is 5.32 Å². The molecule has 16 heavy (non-hydrogen) atoms. The summed E-state index contributed by atoms with van der Waals surface area (Å²) in [5, 5.41) is 3.19. The van der Waals surface area contributed by atoms with Gasteiger partial charge in [-0.15, -0.1) is 0 Å². The topological polar surface area (TPSA) is 55.4 Å². The molecule has 0 saturated heterocycles. The van der Waals surface area contributed by atoms with Crippen LogP contribution in [0.1, 0.15) is 27.2 Å². The summed E-state index contributed by atoms with van der Waals surface area (Å²) >= 11 is 0. The van der Waals surface area contributed by atoms with E-state index in [1.165, 1.54) is 0 Å². The lowest BCUT2D eigenvalue weighted by Crippen LogP contribution is -2.33. The largest absolute Gasteiger partial charge is 0.385 e. The van der Waals surface area contributed by atoms with Crippen LogP contribution in [0.4, 0.5) is 0 Å². The third kappa shape index (κ3) is 8.07. The molecule has 0 aliphatic rings. The minimum absolute atomic E-state index is 0.145. The van der Waals surface area contributed by atoms with Crippen molar-refractivity contribution in [1.29, 1.82) is 0 Å². The smallest absolute Gasteiger partial charge is 0.151 e. The van der Waals surface area contributed by atoms with Gasteiger partial charge in [0.25, 0.3) is 0 Å². The predicted octanol–water partition coefficient (Wildman–Crippen LogP) is 1.07. The van der Waals surface area contributed by atoms with E-state index in [2.05, 4.69) is 19.2 Å². The van der Waals surface area contributed by atoms with Crippen LogP contribution in [-0.2, 0) is 14.6 Å². The second-order valence-electron chi connectivity index (χ2n) is 4.82. The summed E-state index contributed by atoms with van der Waals surface area (Å²) in [6, 6.07) is 0. The summed E-state index contributed by atoms with van der Waals surface area (Å²) in [6.07, 6.45) is 0.969. The molecule has 4 nitrogen and oxygen atoms in total. The normalized spacial score (nSPS) is 13.0. The predicted molar refractivity (Wildman–Crippen MR) is 67.5 cm³/mol. The van der Waals surface area contributed by atoms with Crippen LogP contribution in [0.25, 0.3) is 0 Å².